The fraction of sp³-hybridized carbons (Fsp3) is 0.692. The van der Waals surface area contributed by atoms with Crippen molar-refractivity contribution in [3.05, 3.63) is 16.3 Å². The van der Waals surface area contributed by atoms with Gasteiger partial charge in [-0.05, 0) is 12.5 Å². The van der Waals surface area contributed by atoms with Gasteiger partial charge in [0.25, 0.3) is 0 Å². The summed E-state index contributed by atoms with van der Waals surface area (Å²) in [5.74, 6) is 0. The van der Waals surface area contributed by atoms with Crippen LogP contribution in [0.3, 0.4) is 0 Å². The van der Waals surface area contributed by atoms with Crippen LogP contribution in [0, 0.1) is 0 Å². The van der Waals surface area contributed by atoms with Gasteiger partial charge in [0, 0.05) is 36.4 Å². The number of nitrogens with one attached hydrogen (secondary N) is 1. The van der Waals surface area contributed by atoms with Crippen LogP contribution in [0.25, 0.3) is 0 Å². The Hall–Kier alpha value is -0.430. The van der Waals surface area contributed by atoms with Gasteiger partial charge >= 0.3 is 0 Å². The molecule has 0 saturated carbocycles. The van der Waals surface area contributed by atoms with Crippen LogP contribution < -0.4 is 5.32 Å². The van der Waals surface area contributed by atoms with Gasteiger partial charge in [0.05, 0.1) is 4.90 Å². The summed E-state index contributed by atoms with van der Waals surface area (Å²) in [7, 11) is -1.67. The van der Waals surface area contributed by atoms with E-state index < -0.39 is 10.0 Å². The van der Waals surface area contributed by atoms with E-state index in [-0.39, 0.29) is 0 Å². The van der Waals surface area contributed by atoms with Gasteiger partial charge in [-0.2, -0.15) is 0 Å². The average molecular weight is 304 g/mol. The highest BCUT2D eigenvalue weighted by atomic mass is 32.2. The minimum Gasteiger partial charge on any atom is -0.310 e. The van der Waals surface area contributed by atoms with Gasteiger partial charge in [-0.25, -0.2) is 12.7 Å². The molecule has 0 fully saturated rings. The Morgan fingerprint density at radius 3 is 2.68 bits per heavy atom. The molecule has 0 unspecified atom stereocenters. The zero-order valence-corrected chi connectivity index (χ0v) is 13.8. The summed E-state index contributed by atoms with van der Waals surface area (Å²) >= 11 is 1.49. The smallest absolute Gasteiger partial charge is 0.243 e. The predicted molar refractivity (Wildman–Crippen MR) is 81.0 cm³/mol. The number of thiophene rings is 1. The predicted octanol–water partition coefficient (Wildman–Crippen LogP) is 2.67. The molecular formula is C13H24N2O2S2. The molecular weight excluding hydrogens is 280 g/mol. The highest BCUT2D eigenvalue weighted by molar-refractivity contribution is 7.89. The normalized spacial score (nSPS) is 12.5. The van der Waals surface area contributed by atoms with Crippen molar-refractivity contribution in [2.24, 2.45) is 0 Å². The van der Waals surface area contributed by atoms with Crippen molar-refractivity contribution in [3.8, 4) is 0 Å². The lowest BCUT2D eigenvalue weighted by molar-refractivity contribution is 0.459. The third-order valence-corrected chi connectivity index (χ3v) is 5.77. The Balaban J connectivity index is 2.73. The first-order valence-corrected chi connectivity index (χ1v) is 8.97. The average Bonchev–Trinajstić information content (AvgIpc) is 2.82. The molecule has 0 radical (unpaired) electrons. The van der Waals surface area contributed by atoms with E-state index in [4.69, 9.17) is 0 Å². The largest absolute Gasteiger partial charge is 0.310 e. The van der Waals surface area contributed by atoms with Gasteiger partial charge in [0.15, 0.2) is 0 Å². The summed E-state index contributed by atoms with van der Waals surface area (Å²) in [4.78, 5) is 1.47. The first-order chi connectivity index (χ1) is 8.87. The van der Waals surface area contributed by atoms with Gasteiger partial charge in [-0.1, -0.05) is 27.2 Å². The first-order valence-electron chi connectivity index (χ1n) is 6.65. The maximum absolute atomic E-state index is 12.3. The van der Waals surface area contributed by atoms with E-state index in [0.29, 0.717) is 17.5 Å². The molecule has 19 heavy (non-hydrogen) atoms. The molecule has 0 spiro atoms. The molecule has 1 aromatic rings. The van der Waals surface area contributed by atoms with E-state index in [1.54, 1.807) is 18.5 Å². The Morgan fingerprint density at radius 2 is 2.11 bits per heavy atom. The molecule has 0 saturated heterocycles. The number of rotatable bonds is 8. The molecule has 1 aromatic heterocycles. The summed E-state index contributed by atoms with van der Waals surface area (Å²) in [6.07, 6.45) is 1.88. The molecule has 6 heteroatoms. The molecule has 0 bridgehead atoms. The first kappa shape index (κ1) is 16.6. The molecule has 4 nitrogen and oxygen atoms in total. The van der Waals surface area contributed by atoms with Crippen molar-refractivity contribution in [3.63, 3.8) is 0 Å². The maximum Gasteiger partial charge on any atom is 0.243 e. The van der Waals surface area contributed by atoms with E-state index in [2.05, 4.69) is 26.1 Å². The topological polar surface area (TPSA) is 49.4 Å². The van der Waals surface area contributed by atoms with Gasteiger partial charge in [-0.15, -0.1) is 11.3 Å². The molecule has 1 N–H and O–H groups in total. The Kier molecular flexibility index (Phi) is 6.46. The summed E-state index contributed by atoms with van der Waals surface area (Å²) in [5.41, 5.74) is 0. The third-order valence-electron chi connectivity index (χ3n) is 2.85. The number of unbranched alkanes of at least 4 members (excludes halogenated alkanes) is 1. The Bertz CT molecular complexity index is 481. The Morgan fingerprint density at radius 1 is 1.42 bits per heavy atom. The highest BCUT2D eigenvalue weighted by Gasteiger charge is 2.21. The van der Waals surface area contributed by atoms with Crippen LogP contribution in [0.4, 0.5) is 0 Å². The minimum atomic E-state index is -3.31. The zero-order chi connectivity index (χ0) is 14.5. The van der Waals surface area contributed by atoms with Crippen LogP contribution in [0.2, 0.25) is 0 Å². The van der Waals surface area contributed by atoms with Crippen LogP contribution in [0.15, 0.2) is 16.3 Å². The van der Waals surface area contributed by atoms with E-state index in [0.717, 1.165) is 24.3 Å². The monoisotopic (exact) mass is 304 g/mol. The number of sulfonamides is 1. The van der Waals surface area contributed by atoms with Crippen molar-refractivity contribution in [2.45, 2.75) is 51.1 Å². The molecule has 0 aliphatic heterocycles. The van der Waals surface area contributed by atoms with Crippen LogP contribution in [0.5, 0.6) is 0 Å². The molecule has 0 atom stereocenters. The van der Waals surface area contributed by atoms with E-state index in [1.165, 1.54) is 15.6 Å². The summed E-state index contributed by atoms with van der Waals surface area (Å²) in [6, 6.07) is 2.17. The molecule has 1 heterocycles. The lowest BCUT2D eigenvalue weighted by Gasteiger charge is -2.15. The second kappa shape index (κ2) is 7.38. The number of hydrogen-bond donors (Lipinski definition) is 1. The Labute approximate surface area is 120 Å². The number of hydrogen-bond acceptors (Lipinski definition) is 4. The summed E-state index contributed by atoms with van der Waals surface area (Å²) < 4.78 is 26.0. The van der Waals surface area contributed by atoms with Crippen molar-refractivity contribution < 1.29 is 8.42 Å². The van der Waals surface area contributed by atoms with Crippen molar-refractivity contribution >= 4 is 21.4 Å². The van der Waals surface area contributed by atoms with Crippen LogP contribution in [-0.4, -0.2) is 32.4 Å². The quantitative estimate of drug-likeness (QED) is 0.803. The van der Waals surface area contributed by atoms with Gasteiger partial charge in [0.2, 0.25) is 10.0 Å². The van der Waals surface area contributed by atoms with E-state index in [9.17, 15) is 8.42 Å². The van der Waals surface area contributed by atoms with Crippen molar-refractivity contribution in [1.82, 2.24) is 9.62 Å². The molecule has 0 amide bonds. The van der Waals surface area contributed by atoms with Gasteiger partial charge in [-0.3, -0.25) is 0 Å². The van der Waals surface area contributed by atoms with Crippen LogP contribution in [-0.2, 0) is 16.6 Å². The van der Waals surface area contributed by atoms with Gasteiger partial charge < -0.3 is 5.32 Å². The fourth-order valence-corrected chi connectivity index (χ4v) is 4.00. The highest BCUT2D eigenvalue weighted by Crippen LogP contribution is 2.22. The third kappa shape index (κ3) is 4.87. The molecule has 0 aromatic carbocycles. The summed E-state index contributed by atoms with van der Waals surface area (Å²) in [6.45, 7) is 7.50. The number of nitrogens with zero attached hydrogens (tertiary/aromatic N) is 1. The van der Waals surface area contributed by atoms with Gasteiger partial charge in [0.1, 0.15) is 0 Å². The SMILES string of the molecule is CCCCN(C)S(=O)(=O)c1csc(CNC(C)C)c1. The van der Waals surface area contributed by atoms with Crippen molar-refractivity contribution in [2.75, 3.05) is 13.6 Å². The van der Waals surface area contributed by atoms with E-state index >= 15 is 0 Å². The lowest BCUT2D eigenvalue weighted by Crippen LogP contribution is -2.27. The van der Waals surface area contributed by atoms with Crippen molar-refractivity contribution in [1.29, 1.82) is 0 Å². The van der Waals surface area contributed by atoms with Crippen LogP contribution >= 0.6 is 11.3 Å². The molecule has 0 aliphatic carbocycles. The molecule has 110 valence electrons. The fourth-order valence-electron chi connectivity index (χ4n) is 1.57. The van der Waals surface area contributed by atoms with Crippen LogP contribution in [0.1, 0.15) is 38.5 Å². The van der Waals surface area contributed by atoms with E-state index in [1.807, 2.05) is 0 Å². The zero-order valence-electron chi connectivity index (χ0n) is 12.1. The second-order valence-electron chi connectivity index (χ2n) is 4.96. The summed E-state index contributed by atoms with van der Waals surface area (Å²) in [5, 5.41) is 5.02. The minimum absolute atomic E-state index is 0.398. The lowest BCUT2D eigenvalue weighted by atomic mass is 10.3. The second-order valence-corrected chi connectivity index (χ2v) is 8.01. The maximum atomic E-state index is 12.3. The molecule has 0 aliphatic rings. The molecule has 1 rings (SSSR count). The standard InChI is InChI=1S/C13H24N2O2S2/c1-5-6-7-15(4)19(16,17)13-8-12(18-10-13)9-14-11(2)3/h8,10-11,14H,5-7,9H2,1-4H3.